The van der Waals surface area contributed by atoms with Gasteiger partial charge >= 0.3 is 0 Å². The van der Waals surface area contributed by atoms with Crippen LogP contribution < -0.4 is 11.2 Å². The maximum atomic E-state index is 11.4. The Bertz CT molecular complexity index is 385. The summed E-state index contributed by atoms with van der Waals surface area (Å²) in [6.07, 6.45) is 0. The largest absolute Gasteiger partial charge is 0.368 e. The molecule has 0 radical (unpaired) electrons. The summed E-state index contributed by atoms with van der Waals surface area (Å²) in [5.41, 5.74) is 7.97. The number of aromatic nitrogens is 2. The van der Waals surface area contributed by atoms with E-state index in [-0.39, 0.29) is 6.61 Å². The third-order valence-electron chi connectivity index (χ3n) is 1.61. The van der Waals surface area contributed by atoms with Gasteiger partial charge in [0.1, 0.15) is 5.69 Å². The Balaban J connectivity index is 2.54. The van der Waals surface area contributed by atoms with Gasteiger partial charge in [-0.05, 0) is 13.0 Å². The Hall–Kier alpha value is -1.89. The average molecular weight is 212 g/mol. The Labute approximate surface area is 86.1 Å². The first kappa shape index (κ1) is 11.2. The van der Waals surface area contributed by atoms with E-state index in [1.165, 1.54) is 4.68 Å². The molecule has 1 rings (SSSR count). The number of amides is 2. The molecule has 0 bridgehead atoms. The fourth-order valence-electron chi connectivity index (χ4n) is 1.05. The summed E-state index contributed by atoms with van der Waals surface area (Å²) in [6, 6.07) is 1.60. The van der Waals surface area contributed by atoms with Gasteiger partial charge in [0.15, 0.2) is 6.61 Å². The Morgan fingerprint density at radius 1 is 1.67 bits per heavy atom. The van der Waals surface area contributed by atoms with E-state index in [4.69, 9.17) is 5.73 Å². The molecule has 7 nitrogen and oxygen atoms in total. The molecule has 1 aromatic rings. The monoisotopic (exact) mass is 212 g/mol. The van der Waals surface area contributed by atoms with Gasteiger partial charge in [-0.25, -0.2) is 5.48 Å². The Kier molecular flexibility index (Phi) is 3.40. The highest BCUT2D eigenvalue weighted by Crippen LogP contribution is 2.00. The number of nitrogens with zero attached hydrogens (tertiary/aromatic N) is 2. The van der Waals surface area contributed by atoms with Crippen molar-refractivity contribution < 1.29 is 14.4 Å². The van der Waals surface area contributed by atoms with Crippen LogP contribution in [0.25, 0.3) is 0 Å². The first-order valence-corrected chi connectivity index (χ1v) is 4.22. The van der Waals surface area contributed by atoms with Crippen LogP contribution in [-0.2, 0) is 16.7 Å². The quantitative estimate of drug-likeness (QED) is 0.617. The number of aryl methyl sites for hydroxylation is 2. The Morgan fingerprint density at radius 3 is 2.80 bits per heavy atom. The lowest BCUT2D eigenvalue weighted by Gasteiger charge is -2.03. The number of hydroxylamine groups is 1. The lowest BCUT2D eigenvalue weighted by Crippen LogP contribution is -2.30. The van der Waals surface area contributed by atoms with Gasteiger partial charge in [0.05, 0.1) is 5.69 Å². The molecule has 0 aliphatic carbocycles. The van der Waals surface area contributed by atoms with Crippen LogP contribution in [0, 0.1) is 6.92 Å². The van der Waals surface area contributed by atoms with Gasteiger partial charge in [0.2, 0.25) is 5.91 Å². The molecular weight excluding hydrogens is 200 g/mol. The third-order valence-corrected chi connectivity index (χ3v) is 1.61. The summed E-state index contributed by atoms with van der Waals surface area (Å²) in [6.45, 7) is 1.41. The molecule has 0 saturated heterocycles. The molecule has 1 heterocycles. The average Bonchev–Trinajstić information content (AvgIpc) is 2.44. The number of hydrogen-bond acceptors (Lipinski definition) is 4. The van der Waals surface area contributed by atoms with Gasteiger partial charge < -0.3 is 5.73 Å². The second-order valence-corrected chi connectivity index (χ2v) is 2.98. The topological polar surface area (TPSA) is 99.2 Å². The predicted octanol–water partition coefficient (Wildman–Crippen LogP) is -1.12. The van der Waals surface area contributed by atoms with E-state index in [2.05, 4.69) is 15.4 Å². The summed E-state index contributed by atoms with van der Waals surface area (Å²) >= 11 is 0. The van der Waals surface area contributed by atoms with Crippen molar-refractivity contribution in [3.05, 3.63) is 17.5 Å². The number of primary amides is 1. The van der Waals surface area contributed by atoms with Crippen LogP contribution in [0.2, 0.25) is 0 Å². The molecule has 82 valence electrons. The Morgan fingerprint density at radius 2 is 2.33 bits per heavy atom. The summed E-state index contributed by atoms with van der Waals surface area (Å²) in [4.78, 5) is 26.3. The molecule has 0 aliphatic heterocycles. The second kappa shape index (κ2) is 4.56. The van der Waals surface area contributed by atoms with Crippen LogP contribution >= 0.6 is 0 Å². The molecule has 15 heavy (non-hydrogen) atoms. The van der Waals surface area contributed by atoms with Gasteiger partial charge in [-0.3, -0.25) is 19.1 Å². The zero-order valence-electron chi connectivity index (χ0n) is 8.48. The minimum absolute atomic E-state index is 0.344. The van der Waals surface area contributed by atoms with Crippen LogP contribution in [0.4, 0.5) is 0 Å². The number of nitrogens with two attached hydrogens (primary N) is 1. The third kappa shape index (κ3) is 3.06. The van der Waals surface area contributed by atoms with E-state index in [9.17, 15) is 9.59 Å². The van der Waals surface area contributed by atoms with Crippen LogP contribution in [0.5, 0.6) is 0 Å². The zero-order valence-corrected chi connectivity index (χ0v) is 8.48. The van der Waals surface area contributed by atoms with E-state index in [0.717, 1.165) is 5.69 Å². The van der Waals surface area contributed by atoms with E-state index >= 15 is 0 Å². The number of rotatable bonds is 4. The lowest BCUT2D eigenvalue weighted by atomic mass is 10.3. The van der Waals surface area contributed by atoms with Crippen LogP contribution in [0.1, 0.15) is 16.2 Å². The van der Waals surface area contributed by atoms with Gasteiger partial charge in [-0.1, -0.05) is 0 Å². The minimum atomic E-state index is -0.656. The second-order valence-electron chi connectivity index (χ2n) is 2.98. The van der Waals surface area contributed by atoms with E-state index in [1.54, 1.807) is 20.0 Å². The molecular formula is C8H12N4O3. The molecule has 0 aromatic carbocycles. The molecule has 2 amide bonds. The highest BCUT2D eigenvalue weighted by molar-refractivity contribution is 5.92. The van der Waals surface area contributed by atoms with E-state index < -0.39 is 11.8 Å². The normalized spacial score (nSPS) is 10.0. The maximum absolute atomic E-state index is 11.4. The van der Waals surface area contributed by atoms with E-state index in [0.29, 0.717) is 5.69 Å². The van der Waals surface area contributed by atoms with Gasteiger partial charge in [-0.2, -0.15) is 5.10 Å². The summed E-state index contributed by atoms with van der Waals surface area (Å²) in [5.74, 6) is -1.13. The predicted molar refractivity (Wildman–Crippen MR) is 50.6 cm³/mol. The summed E-state index contributed by atoms with van der Waals surface area (Å²) in [5, 5.41) is 3.98. The van der Waals surface area contributed by atoms with Gasteiger partial charge in [-0.15, -0.1) is 0 Å². The lowest BCUT2D eigenvalue weighted by molar-refractivity contribution is -0.124. The van der Waals surface area contributed by atoms with Crippen molar-refractivity contribution in [1.29, 1.82) is 0 Å². The maximum Gasteiger partial charge on any atom is 0.293 e. The molecule has 0 aliphatic rings. The molecule has 0 spiro atoms. The van der Waals surface area contributed by atoms with Crippen molar-refractivity contribution in [1.82, 2.24) is 15.3 Å². The molecule has 0 fully saturated rings. The summed E-state index contributed by atoms with van der Waals surface area (Å²) < 4.78 is 1.41. The molecule has 3 N–H and O–H groups in total. The molecule has 0 atom stereocenters. The van der Waals surface area contributed by atoms with E-state index in [1.807, 2.05) is 0 Å². The van der Waals surface area contributed by atoms with Crippen molar-refractivity contribution in [2.45, 2.75) is 6.92 Å². The first-order chi connectivity index (χ1) is 7.00. The number of carbonyl (C=O) groups excluding carboxylic acids is 2. The van der Waals surface area contributed by atoms with Crippen molar-refractivity contribution >= 4 is 11.8 Å². The zero-order chi connectivity index (χ0) is 11.4. The van der Waals surface area contributed by atoms with Crippen LogP contribution in [-0.4, -0.2) is 28.2 Å². The molecule has 7 heteroatoms. The van der Waals surface area contributed by atoms with Crippen LogP contribution in [0.15, 0.2) is 6.07 Å². The van der Waals surface area contributed by atoms with Gasteiger partial charge in [0, 0.05) is 7.05 Å². The first-order valence-electron chi connectivity index (χ1n) is 4.22. The molecule has 0 saturated carbocycles. The number of hydrogen-bond donors (Lipinski definition) is 2. The standard InChI is InChI=1S/C8H12N4O3/c1-5-3-6(12(2)10-5)8(14)11-15-4-7(9)13/h3H,4H2,1-2H3,(H2,9,13)(H,11,14). The van der Waals surface area contributed by atoms with Crippen molar-refractivity contribution in [3.8, 4) is 0 Å². The summed E-state index contributed by atoms with van der Waals surface area (Å²) in [7, 11) is 1.63. The number of carbonyl (C=O) groups is 2. The van der Waals surface area contributed by atoms with Crippen molar-refractivity contribution in [3.63, 3.8) is 0 Å². The molecule has 0 unspecified atom stereocenters. The fraction of sp³-hybridized carbons (Fsp3) is 0.375. The van der Waals surface area contributed by atoms with Crippen molar-refractivity contribution in [2.24, 2.45) is 12.8 Å². The fourth-order valence-corrected chi connectivity index (χ4v) is 1.05. The van der Waals surface area contributed by atoms with Crippen LogP contribution in [0.3, 0.4) is 0 Å². The SMILES string of the molecule is Cc1cc(C(=O)NOCC(N)=O)n(C)n1. The smallest absolute Gasteiger partial charge is 0.293 e. The number of nitrogens with one attached hydrogen (secondary N) is 1. The van der Waals surface area contributed by atoms with Crippen molar-refractivity contribution in [2.75, 3.05) is 6.61 Å². The highest BCUT2D eigenvalue weighted by atomic mass is 16.7. The minimum Gasteiger partial charge on any atom is -0.368 e. The van der Waals surface area contributed by atoms with Gasteiger partial charge in [0.25, 0.3) is 5.91 Å². The highest BCUT2D eigenvalue weighted by Gasteiger charge is 2.11. The molecule has 1 aromatic heterocycles.